The molecular formula is C24H22N4O2S. The molecule has 0 atom stereocenters. The lowest BCUT2D eigenvalue weighted by molar-refractivity contribution is 0.102. The Hall–Kier alpha value is -3.58. The number of carbonyl (C=O) groups excluding carboxylic acids is 1. The number of nitrogens with zero attached hydrogens (tertiary/aromatic N) is 3. The van der Waals surface area contributed by atoms with Gasteiger partial charge in [-0.25, -0.2) is 9.97 Å². The summed E-state index contributed by atoms with van der Waals surface area (Å²) in [7, 11) is 1.67. The van der Waals surface area contributed by atoms with Gasteiger partial charge in [-0.3, -0.25) is 15.1 Å². The monoisotopic (exact) mass is 430 g/mol. The zero-order valence-corrected chi connectivity index (χ0v) is 18.4. The van der Waals surface area contributed by atoms with E-state index >= 15 is 0 Å². The Bertz CT molecular complexity index is 1180. The topological polar surface area (TPSA) is 77.0 Å². The van der Waals surface area contributed by atoms with E-state index in [0.29, 0.717) is 5.13 Å². The molecular weight excluding hydrogens is 408 g/mol. The summed E-state index contributed by atoms with van der Waals surface area (Å²) < 4.78 is 5.24. The number of methoxy groups -OCH3 is 1. The van der Waals surface area contributed by atoms with Crippen LogP contribution >= 0.6 is 11.3 Å². The van der Waals surface area contributed by atoms with Gasteiger partial charge in [0.05, 0.1) is 19.0 Å². The first-order valence-electron chi connectivity index (χ1n) is 9.80. The van der Waals surface area contributed by atoms with Crippen LogP contribution in [-0.2, 0) is 6.42 Å². The Morgan fingerprint density at radius 1 is 1.10 bits per heavy atom. The minimum absolute atomic E-state index is 0.258. The first kappa shape index (κ1) is 20.7. The van der Waals surface area contributed by atoms with Gasteiger partial charge in [0.2, 0.25) is 0 Å². The van der Waals surface area contributed by atoms with Gasteiger partial charge >= 0.3 is 0 Å². The predicted molar refractivity (Wildman–Crippen MR) is 123 cm³/mol. The Balaban J connectivity index is 1.52. The highest BCUT2D eigenvalue weighted by molar-refractivity contribution is 7.14. The largest absolute Gasteiger partial charge is 0.497 e. The maximum atomic E-state index is 12.3. The Morgan fingerprint density at radius 2 is 1.84 bits per heavy atom. The van der Waals surface area contributed by atoms with E-state index in [-0.39, 0.29) is 11.6 Å². The van der Waals surface area contributed by atoms with Crippen molar-refractivity contribution in [1.29, 1.82) is 0 Å². The minimum atomic E-state index is -0.323. The van der Waals surface area contributed by atoms with Gasteiger partial charge in [0.15, 0.2) is 5.13 Å². The third kappa shape index (κ3) is 4.78. The van der Waals surface area contributed by atoms with E-state index in [1.807, 2.05) is 17.5 Å². The molecule has 1 N–H and O–H groups in total. The normalized spacial score (nSPS) is 10.7. The summed E-state index contributed by atoms with van der Waals surface area (Å²) in [6.07, 6.45) is 5.30. The lowest BCUT2D eigenvalue weighted by Crippen LogP contribution is -2.13. The molecule has 0 aliphatic rings. The van der Waals surface area contributed by atoms with Gasteiger partial charge in [-0.2, -0.15) is 0 Å². The number of aryl methyl sites for hydroxylation is 2. The number of benzene rings is 2. The van der Waals surface area contributed by atoms with E-state index in [9.17, 15) is 4.79 Å². The van der Waals surface area contributed by atoms with Crippen LogP contribution in [0.15, 0.2) is 60.4 Å². The second-order valence-electron chi connectivity index (χ2n) is 7.20. The second-order valence-corrected chi connectivity index (χ2v) is 8.05. The van der Waals surface area contributed by atoms with E-state index in [2.05, 4.69) is 58.4 Å². The molecule has 0 aliphatic carbocycles. The number of aromatic nitrogens is 3. The number of rotatable bonds is 6. The standard InChI is InChI=1S/C24H22N4O2S/c1-15-10-18(11-16(2)20(15)12-17-4-6-19(30-3)7-5-17)22-14-31-24(27-22)28-23(29)21-13-25-8-9-26-21/h4-11,13-14H,12H2,1-3H3,(H,27,28,29). The molecule has 2 aromatic heterocycles. The fourth-order valence-electron chi connectivity index (χ4n) is 3.41. The van der Waals surface area contributed by atoms with Crippen LogP contribution in [0.25, 0.3) is 11.3 Å². The van der Waals surface area contributed by atoms with Gasteiger partial charge in [-0.05, 0) is 66.8 Å². The molecule has 2 aromatic carbocycles. The van der Waals surface area contributed by atoms with Crippen molar-refractivity contribution >= 4 is 22.4 Å². The smallest absolute Gasteiger partial charge is 0.277 e. The maximum Gasteiger partial charge on any atom is 0.277 e. The highest BCUT2D eigenvalue weighted by Crippen LogP contribution is 2.30. The number of carbonyl (C=O) groups is 1. The number of hydrogen-bond acceptors (Lipinski definition) is 6. The van der Waals surface area contributed by atoms with Gasteiger partial charge in [-0.1, -0.05) is 12.1 Å². The Labute approximate surface area is 185 Å². The Morgan fingerprint density at radius 3 is 2.48 bits per heavy atom. The average Bonchev–Trinajstić information content (AvgIpc) is 3.25. The zero-order valence-electron chi connectivity index (χ0n) is 17.5. The minimum Gasteiger partial charge on any atom is -0.497 e. The number of hydrogen-bond donors (Lipinski definition) is 1. The summed E-state index contributed by atoms with van der Waals surface area (Å²) >= 11 is 1.39. The predicted octanol–water partition coefficient (Wildman–Crippen LogP) is 5.07. The van der Waals surface area contributed by atoms with Crippen molar-refractivity contribution in [3.05, 3.63) is 88.3 Å². The molecule has 0 unspecified atom stereocenters. The van der Waals surface area contributed by atoms with E-state index in [0.717, 1.165) is 23.4 Å². The molecule has 0 radical (unpaired) electrons. The number of anilines is 1. The zero-order chi connectivity index (χ0) is 21.8. The quantitative estimate of drug-likeness (QED) is 0.462. The van der Waals surface area contributed by atoms with Crippen molar-refractivity contribution in [1.82, 2.24) is 15.0 Å². The molecule has 6 nitrogen and oxygen atoms in total. The molecule has 1 amide bonds. The first-order chi connectivity index (χ1) is 15.0. The van der Waals surface area contributed by atoms with Crippen LogP contribution in [0.4, 0.5) is 5.13 Å². The molecule has 0 saturated carbocycles. The average molecular weight is 431 g/mol. The highest BCUT2D eigenvalue weighted by atomic mass is 32.1. The molecule has 2 heterocycles. The molecule has 31 heavy (non-hydrogen) atoms. The van der Waals surface area contributed by atoms with Crippen LogP contribution in [0.5, 0.6) is 5.75 Å². The number of nitrogens with one attached hydrogen (secondary N) is 1. The van der Waals surface area contributed by atoms with Crippen LogP contribution in [0, 0.1) is 13.8 Å². The third-order valence-corrected chi connectivity index (χ3v) is 5.81. The molecule has 7 heteroatoms. The van der Waals surface area contributed by atoms with Gasteiger partial charge in [0.25, 0.3) is 5.91 Å². The lowest BCUT2D eigenvalue weighted by Gasteiger charge is -2.12. The van der Waals surface area contributed by atoms with E-state index in [1.165, 1.54) is 52.2 Å². The summed E-state index contributed by atoms with van der Waals surface area (Å²) in [4.78, 5) is 24.8. The Kier molecular flexibility index (Phi) is 6.04. The molecule has 0 spiro atoms. The fraction of sp³-hybridized carbons (Fsp3) is 0.167. The van der Waals surface area contributed by atoms with Crippen LogP contribution in [0.3, 0.4) is 0 Å². The summed E-state index contributed by atoms with van der Waals surface area (Å²) in [6.45, 7) is 4.25. The molecule has 0 fully saturated rings. The first-order valence-corrected chi connectivity index (χ1v) is 10.7. The summed E-state index contributed by atoms with van der Waals surface area (Å²) in [5.41, 5.74) is 7.09. The summed E-state index contributed by atoms with van der Waals surface area (Å²) in [5, 5.41) is 5.27. The van der Waals surface area contributed by atoms with Gasteiger partial charge in [0.1, 0.15) is 11.4 Å². The summed E-state index contributed by atoms with van der Waals surface area (Å²) in [5.74, 6) is 0.537. The molecule has 156 valence electrons. The second kappa shape index (κ2) is 9.06. The van der Waals surface area contributed by atoms with Gasteiger partial charge in [-0.15, -0.1) is 11.3 Å². The number of thiazole rings is 1. The van der Waals surface area contributed by atoms with E-state index in [1.54, 1.807) is 7.11 Å². The number of amides is 1. The van der Waals surface area contributed by atoms with Crippen LogP contribution in [-0.4, -0.2) is 28.0 Å². The highest BCUT2D eigenvalue weighted by Gasteiger charge is 2.13. The van der Waals surface area contributed by atoms with Crippen molar-refractivity contribution in [2.45, 2.75) is 20.3 Å². The van der Waals surface area contributed by atoms with Crippen molar-refractivity contribution in [2.24, 2.45) is 0 Å². The SMILES string of the molecule is COc1ccc(Cc2c(C)cc(-c3csc(NC(=O)c4cnccn4)n3)cc2C)cc1. The molecule has 4 aromatic rings. The fourth-order valence-corrected chi connectivity index (χ4v) is 4.12. The van der Waals surface area contributed by atoms with E-state index < -0.39 is 0 Å². The molecule has 4 rings (SSSR count). The van der Waals surface area contributed by atoms with Crippen molar-refractivity contribution in [3.63, 3.8) is 0 Å². The van der Waals surface area contributed by atoms with E-state index in [4.69, 9.17) is 4.74 Å². The number of ether oxygens (including phenoxy) is 1. The van der Waals surface area contributed by atoms with Crippen LogP contribution in [0.2, 0.25) is 0 Å². The molecule has 0 aliphatic heterocycles. The lowest BCUT2D eigenvalue weighted by atomic mass is 9.93. The maximum absolute atomic E-state index is 12.3. The molecule has 0 bridgehead atoms. The van der Waals surface area contributed by atoms with Gasteiger partial charge in [0, 0.05) is 23.3 Å². The third-order valence-electron chi connectivity index (χ3n) is 5.05. The van der Waals surface area contributed by atoms with Gasteiger partial charge < -0.3 is 4.74 Å². The van der Waals surface area contributed by atoms with Crippen molar-refractivity contribution < 1.29 is 9.53 Å². The summed E-state index contributed by atoms with van der Waals surface area (Å²) in [6, 6.07) is 12.5. The van der Waals surface area contributed by atoms with Crippen molar-refractivity contribution in [2.75, 3.05) is 12.4 Å². The van der Waals surface area contributed by atoms with Crippen LogP contribution < -0.4 is 10.1 Å². The molecule has 0 saturated heterocycles. The van der Waals surface area contributed by atoms with Crippen LogP contribution in [0.1, 0.15) is 32.7 Å². The van der Waals surface area contributed by atoms with Crippen molar-refractivity contribution in [3.8, 4) is 17.0 Å².